The van der Waals surface area contributed by atoms with Crippen LogP contribution < -0.4 is 10.9 Å². The third-order valence-electron chi connectivity index (χ3n) is 6.89. The van der Waals surface area contributed by atoms with Gasteiger partial charge in [0.25, 0.3) is 5.56 Å². The number of hydrogen-bond donors (Lipinski definition) is 2. The standard InChI is InChI=1S/C24H20F5N3O3/c1-12(30-17-5-3-2-4-14(17)20(34)35)15-8-13(24(27,28)29)9-16-18(15)31-21-22(10-23(25,26)11-22)6-7-32(21)19(16)33/h2-5,8-9,12,30H,6-7,10-11H2,1H3,(H,34,35)/t12-/m1/s1. The fourth-order valence-corrected chi connectivity index (χ4v) is 5.28. The van der Waals surface area contributed by atoms with E-state index in [1.165, 1.54) is 29.7 Å². The molecule has 184 valence electrons. The van der Waals surface area contributed by atoms with Crippen molar-refractivity contribution in [2.75, 3.05) is 5.32 Å². The van der Waals surface area contributed by atoms with Crippen LogP contribution in [0.1, 0.15) is 59.5 Å². The highest BCUT2D eigenvalue weighted by Crippen LogP contribution is 2.57. The molecule has 6 nitrogen and oxygen atoms in total. The maximum absolute atomic E-state index is 13.8. The minimum atomic E-state index is -4.75. The van der Waals surface area contributed by atoms with E-state index in [0.29, 0.717) is 0 Å². The van der Waals surface area contributed by atoms with Crippen molar-refractivity contribution in [3.05, 3.63) is 69.3 Å². The maximum atomic E-state index is 13.8. The van der Waals surface area contributed by atoms with Crippen molar-refractivity contribution in [3.8, 4) is 0 Å². The first-order valence-corrected chi connectivity index (χ1v) is 10.9. The number of para-hydroxylation sites is 1. The zero-order valence-corrected chi connectivity index (χ0v) is 18.4. The minimum absolute atomic E-state index is 0.0152. The first-order chi connectivity index (χ1) is 16.3. The van der Waals surface area contributed by atoms with Gasteiger partial charge in [0, 0.05) is 36.1 Å². The normalized spacial score (nSPS) is 18.8. The number of anilines is 1. The van der Waals surface area contributed by atoms with Gasteiger partial charge in [0.15, 0.2) is 0 Å². The summed E-state index contributed by atoms with van der Waals surface area (Å²) in [4.78, 5) is 29.3. The largest absolute Gasteiger partial charge is 0.478 e. The summed E-state index contributed by atoms with van der Waals surface area (Å²) < 4.78 is 69.9. The van der Waals surface area contributed by atoms with Crippen LogP contribution in [0, 0.1) is 0 Å². The van der Waals surface area contributed by atoms with Crippen molar-refractivity contribution in [2.45, 2.75) is 56.3 Å². The lowest BCUT2D eigenvalue weighted by atomic mass is 9.65. The minimum Gasteiger partial charge on any atom is -0.478 e. The molecule has 1 atom stereocenters. The fraction of sp³-hybridized carbons (Fsp3) is 0.375. The molecule has 1 spiro atoms. The van der Waals surface area contributed by atoms with Crippen molar-refractivity contribution in [2.24, 2.45) is 0 Å². The number of nitrogens with one attached hydrogen (secondary N) is 1. The third-order valence-corrected chi connectivity index (χ3v) is 6.89. The molecule has 2 aliphatic rings. The Kier molecular flexibility index (Phi) is 4.98. The Bertz CT molecular complexity index is 1420. The average Bonchev–Trinajstić information content (AvgIpc) is 3.11. The van der Waals surface area contributed by atoms with E-state index in [1.807, 2.05) is 0 Å². The molecule has 1 aliphatic carbocycles. The molecule has 1 aliphatic heterocycles. The summed E-state index contributed by atoms with van der Waals surface area (Å²) in [7, 11) is 0. The monoisotopic (exact) mass is 493 g/mol. The highest BCUT2D eigenvalue weighted by Gasteiger charge is 2.61. The highest BCUT2D eigenvalue weighted by molar-refractivity contribution is 5.94. The van der Waals surface area contributed by atoms with Crippen LogP contribution in [-0.2, 0) is 18.1 Å². The number of carbonyl (C=O) groups is 1. The Morgan fingerprint density at radius 2 is 1.89 bits per heavy atom. The number of halogens is 5. The summed E-state index contributed by atoms with van der Waals surface area (Å²) in [5.74, 6) is -3.93. The second-order valence-corrected chi connectivity index (χ2v) is 9.31. The quantitative estimate of drug-likeness (QED) is 0.479. The van der Waals surface area contributed by atoms with Gasteiger partial charge in [-0.2, -0.15) is 13.2 Å². The first-order valence-electron chi connectivity index (χ1n) is 10.9. The zero-order chi connectivity index (χ0) is 25.3. The number of aromatic nitrogens is 2. The van der Waals surface area contributed by atoms with Gasteiger partial charge in [0.1, 0.15) is 5.82 Å². The number of rotatable bonds is 4. The smallest absolute Gasteiger partial charge is 0.416 e. The molecule has 35 heavy (non-hydrogen) atoms. The van der Waals surface area contributed by atoms with Crippen LogP contribution in [0.2, 0.25) is 0 Å². The van der Waals surface area contributed by atoms with Crippen LogP contribution >= 0.6 is 0 Å². The molecule has 2 heterocycles. The van der Waals surface area contributed by atoms with Gasteiger partial charge in [-0.15, -0.1) is 0 Å². The number of fused-ring (bicyclic) bond motifs is 3. The van der Waals surface area contributed by atoms with Gasteiger partial charge in [-0.1, -0.05) is 12.1 Å². The van der Waals surface area contributed by atoms with Crippen LogP contribution in [0.15, 0.2) is 41.2 Å². The summed E-state index contributed by atoms with van der Waals surface area (Å²) in [6.07, 6.45) is -5.42. The predicted molar refractivity (Wildman–Crippen MR) is 117 cm³/mol. The molecule has 2 N–H and O–H groups in total. The molecule has 5 rings (SSSR count). The van der Waals surface area contributed by atoms with Gasteiger partial charge in [-0.25, -0.2) is 18.6 Å². The highest BCUT2D eigenvalue weighted by atomic mass is 19.4. The average molecular weight is 493 g/mol. The SMILES string of the molecule is C[C@@H](Nc1ccccc1C(=O)O)c1cc(C(F)(F)F)cc2c(=O)n3c(nc12)C1(CC3)CC(F)(F)C1. The molecule has 11 heteroatoms. The van der Waals surface area contributed by atoms with E-state index in [-0.39, 0.29) is 46.5 Å². The zero-order valence-electron chi connectivity index (χ0n) is 18.4. The van der Waals surface area contributed by atoms with E-state index in [2.05, 4.69) is 10.3 Å². The molecule has 3 aromatic rings. The number of hydrogen-bond acceptors (Lipinski definition) is 4. The number of nitrogens with zero attached hydrogens (tertiary/aromatic N) is 2. The van der Waals surface area contributed by atoms with Gasteiger partial charge < -0.3 is 10.4 Å². The molecule has 0 unspecified atom stereocenters. The Labute approximate surface area is 195 Å². The van der Waals surface area contributed by atoms with E-state index in [0.717, 1.165) is 12.1 Å². The Balaban J connectivity index is 1.69. The molecule has 0 amide bonds. The lowest BCUT2D eigenvalue weighted by Crippen LogP contribution is -2.49. The predicted octanol–water partition coefficient (Wildman–Crippen LogP) is 5.36. The van der Waals surface area contributed by atoms with Gasteiger partial charge in [0.2, 0.25) is 5.92 Å². The Morgan fingerprint density at radius 1 is 1.20 bits per heavy atom. The van der Waals surface area contributed by atoms with Gasteiger partial charge in [-0.05, 0) is 37.6 Å². The van der Waals surface area contributed by atoms with Crippen molar-refractivity contribution in [1.29, 1.82) is 0 Å². The summed E-state index contributed by atoms with van der Waals surface area (Å²) in [5.41, 5.74) is -2.65. The molecule has 0 bridgehead atoms. The van der Waals surface area contributed by atoms with Crippen LogP contribution in [0.3, 0.4) is 0 Å². The second-order valence-electron chi connectivity index (χ2n) is 9.31. The summed E-state index contributed by atoms with van der Waals surface area (Å²) in [6.45, 7) is 1.63. The van der Waals surface area contributed by atoms with Crippen molar-refractivity contribution in [1.82, 2.24) is 9.55 Å². The molecule has 1 saturated carbocycles. The Hall–Kier alpha value is -3.50. The number of alkyl halides is 5. The second kappa shape index (κ2) is 7.50. The molecule has 0 radical (unpaired) electrons. The first kappa shape index (κ1) is 23.3. The summed E-state index contributed by atoms with van der Waals surface area (Å²) in [6, 6.07) is 6.61. The third kappa shape index (κ3) is 3.73. The van der Waals surface area contributed by atoms with E-state index < -0.39 is 53.5 Å². The van der Waals surface area contributed by atoms with E-state index in [4.69, 9.17) is 0 Å². The topological polar surface area (TPSA) is 84.2 Å². The number of carboxylic acids is 1. The van der Waals surface area contributed by atoms with Crippen LogP contribution in [0.25, 0.3) is 10.9 Å². The molecule has 2 aromatic carbocycles. The fourth-order valence-electron chi connectivity index (χ4n) is 5.28. The van der Waals surface area contributed by atoms with Gasteiger partial charge in [0.05, 0.1) is 28.1 Å². The molecule has 1 fully saturated rings. The van der Waals surface area contributed by atoms with Crippen LogP contribution in [-0.4, -0.2) is 26.5 Å². The van der Waals surface area contributed by atoms with Crippen molar-refractivity contribution >= 4 is 22.6 Å². The van der Waals surface area contributed by atoms with E-state index >= 15 is 0 Å². The maximum Gasteiger partial charge on any atom is 0.416 e. The Morgan fingerprint density at radius 3 is 2.51 bits per heavy atom. The van der Waals surface area contributed by atoms with Crippen molar-refractivity contribution < 1.29 is 31.9 Å². The molecule has 1 aromatic heterocycles. The van der Waals surface area contributed by atoms with Crippen molar-refractivity contribution in [3.63, 3.8) is 0 Å². The van der Waals surface area contributed by atoms with Gasteiger partial charge >= 0.3 is 12.1 Å². The summed E-state index contributed by atoms with van der Waals surface area (Å²) >= 11 is 0. The lowest BCUT2D eigenvalue weighted by Gasteiger charge is -2.43. The summed E-state index contributed by atoms with van der Waals surface area (Å²) in [5, 5.41) is 12.1. The van der Waals surface area contributed by atoms with Crippen LogP contribution in [0.5, 0.6) is 0 Å². The lowest BCUT2D eigenvalue weighted by molar-refractivity contribution is -0.137. The van der Waals surface area contributed by atoms with Gasteiger partial charge in [-0.3, -0.25) is 9.36 Å². The number of carboxylic acid groups (broad SMARTS) is 1. The van der Waals surface area contributed by atoms with E-state index in [9.17, 15) is 36.6 Å². The van der Waals surface area contributed by atoms with Crippen LogP contribution in [0.4, 0.5) is 27.6 Å². The molecular weight excluding hydrogens is 473 g/mol. The number of benzene rings is 2. The van der Waals surface area contributed by atoms with E-state index in [1.54, 1.807) is 6.07 Å². The molecule has 0 saturated heterocycles. The molecular formula is C24H20F5N3O3. The number of aromatic carboxylic acids is 1.